The third kappa shape index (κ3) is 2.76. The van der Waals surface area contributed by atoms with Crippen molar-refractivity contribution in [3.05, 3.63) is 23.5 Å². The molecule has 7 heteroatoms. The molecule has 3 rings (SSSR count). The number of pyridine rings is 1. The Morgan fingerprint density at radius 2 is 2.05 bits per heavy atom. The second-order valence-electron chi connectivity index (χ2n) is 5.66. The summed E-state index contributed by atoms with van der Waals surface area (Å²) in [6, 6.07) is 2.16. The fourth-order valence-corrected chi connectivity index (χ4v) is 2.91. The third-order valence-electron chi connectivity index (χ3n) is 4.13. The number of fused-ring (bicyclic) bond motifs is 1. The van der Waals surface area contributed by atoms with E-state index in [1.54, 1.807) is 4.90 Å². The summed E-state index contributed by atoms with van der Waals surface area (Å²) in [4.78, 5) is 20.1. The van der Waals surface area contributed by atoms with Crippen LogP contribution in [0.2, 0.25) is 0 Å². The van der Waals surface area contributed by atoms with Gasteiger partial charge in [-0.05, 0) is 18.6 Å². The standard InChI is InChI=1S/C15H21N5O2/c1-11-13-8-12(9-16-14(13)18(2)17-11)10-19-4-6-20(7-5-19)15(21)22-3/h8-9H,4-7,10H2,1-3H3. The van der Waals surface area contributed by atoms with Crippen molar-refractivity contribution in [3.8, 4) is 0 Å². The van der Waals surface area contributed by atoms with Gasteiger partial charge in [-0.15, -0.1) is 0 Å². The molecule has 0 atom stereocenters. The molecule has 0 radical (unpaired) electrons. The molecule has 0 unspecified atom stereocenters. The number of carbonyl (C=O) groups is 1. The summed E-state index contributed by atoms with van der Waals surface area (Å²) in [7, 11) is 3.33. The van der Waals surface area contributed by atoms with Crippen LogP contribution in [0.5, 0.6) is 0 Å². The Balaban J connectivity index is 1.67. The van der Waals surface area contributed by atoms with Crippen LogP contribution in [0.25, 0.3) is 11.0 Å². The minimum atomic E-state index is -0.242. The Hall–Kier alpha value is -2.15. The molecule has 1 fully saturated rings. The Labute approximate surface area is 129 Å². The van der Waals surface area contributed by atoms with Crippen molar-refractivity contribution >= 4 is 17.1 Å². The number of rotatable bonds is 2. The zero-order valence-corrected chi connectivity index (χ0v) is 13.2. The molecule has 1 aliphatic rings. The Bertz CT molecular complexity index is 689. The number of carbonyl (C=O) groups excluding carboxylic acids is 1. The van der Waals surface area contributed by atoms with Crippen molar-refractivity contribution < 1.29 is 9.53 Å². The largest absolute Gasteiger partial charge is 0.453 e. The van der Waals surface area contributed by atoms with Crippen LogP contribution in [0.4, 0.5) is 4.79 Å². The van der Waals surface area contributed by atoms with E-state index in [1.165, 1.54) is 12.7 Å². The van der Waals surface area contributed by atoms with Crippen LogP contribution in [0, 0.1) is 6.92 Å². The number of amides is 1. The first kappa shape index (κ1) is 14.8. The molecule has 118 valence electrons. The number of aryl methyl sites for hydroxylation is 2. The van der Waals surface area contributed by atoms with Gasteiger partial charge in [0, 0.05) is 51.4 Å². The number of piperazine rings is 1. The summed E-state index contributed by atoms with van der Waals surface area (Å²) in [6.45, 7) is 5.94. The van der Waals surface area contributed by atoms with Gasteiger partial charge in [0.2, 0.25) is 0 Å². The van der Waals surface area contributed by atoms with Gasteiger partial charge in [-0.25, -0.2) is 9.78 Å². The highest BCUT2D eigenvalue weighted by Gasteiger charge is 2.21. The van der Waals surface area contributed by atoms with Gasteiger partial charge in [0.25, 0.3) is 0 Å². The summed E-state index contributed by atoms with van der Waals surface area (Å²) >= 11 is 0. The van der Waals surface area contributed by atoms with Gasteiger partial charge in [0.15, 0.2) is 5.65 Å². The number of hydrogen-bond acceptors (Lipinski definition) is 5. The summed E-state index contributed by atoms with van der Waals surface area (Å²) < 4.78 is 6.57. The van der Waals surface area contributed by atoms with E-state index in [-0.39, 0.29) is 6.09 Å². The number of hydrogen-bond donors (Lipinski definition) is 0. The highest BCUT2D eigenvalue weighted by atomic mass is 16.5. The number of nitrogens with zero attached hydrogens (tertiary/aromatic N) is 5. The summed E-state index contributed by atoms with van der Waals surface area (Å²) in [6.07, 6.45) is 1.67. The third-order valence-corrected chi connectivity index (χ3v) is 4.13. The van der Waals surface area contributed by atoms with E-state index < -0.39 is 0 Å². The maximum absolute atomic E-state index is 11.5. The molecule has 3 heterocycles. The van der Waals surface area contributed by atoms with Crippen molar-refractivity contribution in [3.63, 3.8) is 0 Å². The first-order chi connectivity index (χ1) is 10.6. The second-order valence-corrected chi connectivity index (χ2v) is 5.66. The van der Waals surface area contributed by atoms with Crippen molar-refractivity contribution in [1.29, 1.82) is 0 Å². The van der Waals surface area contributed by atoms with Gasteiger partial charge in [0.1, 0.15) is 0 Å². The van der Waals surface area contributed by atoms with Crippen molar-refractivity contribution in [2.75, 3.05) is 33.3 Å². The van der Waals surface area contributed by atoms with E-state index in [0.717, 1.165) is 36.4 Å². The van der Waals surface area contributed by atoms with E-state index >= 15 is 0 Å². The second kappa shape index (κ2) is 5.92. The smallest absolute Gasteiger partial charge is 0.409 e. The lowest BCUT2D eigenvalue weighted by molar-refractivity contribution is 0.0889. The summed E-state index contributed by atoms with van der Waals surface area (Å²) in [5, 5.41) is 5.50. The molecular formula is C15H21N5O2. The molecule has 0 N–H and O–H groups in total. The lowest BCUT2D eigenvalue weighted by Gasteiger charge is -2.33. The molecule has 22 heavy (non-hydrogen) atoms. The number of ether oxygens (including phenoxy) is 1. The van der Waals surface area contributed by atoms with Gasteiger partial charge in [-0.2, -0.15) is 5.10 Å². The minimum absolute atomic E-state index is 0.242. The quantitative estimate of drug-likeness (QED) is 0.833. The van der Waals surface area contributed by atoms with Gasteiger partial charge >= 0.3 is 6.09 Å². The van der Waals surface area contributed by atoms with Crippen LogP contribution < -0.4 is 0 Å². The molecule has 1 saturated heterocycles. The van der Waals surface area contributed by atoms with Gasteiger partial charge in [-0.1, -0.05) is 0 Å². The van der Waals surface area contributed by atoms with Crippen LogP contribution in [0.1, 0.15) is 11.3 Å². The first-order valence-corrected chi connectivity index (χ1v) is 7.42. The lowest BCUT2D eigenvalue weighted by atomic mass is 10.2. The highest BCUT2D eigenvalue weighted by molar-refractivity contribution is 5.78. The first-order valence-electron chi connectivity index (χ1n) is 7.42. The molecule has 7 nitrogen and oxygen atoms in total. The number of methoxy groups -OCH3 is 1. The van der Waals surface area contributed by atoms with E-state index in [9.17, 15) is 4.79 Å². The maximum atomic E-state index is 11.5. The van der Waals surface area contributed by atoms with Crippen molar-refractivity contribution in [1.82, 2.24) is 24.6 Å². The van der Waals surface area contributed by atoms with Gasteiger partial charge in [0.05, 0.1) is 12.8 Å². The SMILES string of the molecule is COC(=O)N1CCN(Cc2cnc3c(c2)c(C)nn3C)CC1. The Morgan fingerprint density at radius 1 is 1.32 bits per heavy atom. The Kier molecular flexibility index (Phi) is 3.98. The molecule has 1 amide bonds. The Morgan fingerprint density at radius 3 is 2.73 bits per heavy atom. The fraction of sp³-hybridized carbons (Fsp3) is 0.533. The molecule has 1 aliphatic heterocycles. The zero-order valence-electron chi connectivity index (χ0n) is 13.2. The van der Waals surface area contributed by atoms with E-state index in [4.69, 9.17) is 4.74 Å². The average Bonchev–Trinajstić information content (AvgIpc) is 2.81. The van der Waals surface area contributed by atoms with Crippen LogP contribution in [0.3, 0.4) is 0 Å². The van der Waals surface area contributed by atoms with Gasteiger partial charge < -0.3 is 9.64 Å². The molecule has 2 aromatic rings. The normalized spacial score (nSPS) is 16.2. The zero-order chi connectivity index (χ0) is 15.7. The predicted molar refractivity (Wildman–Crippen MR) is 82.5 cm³/mol. The summed E-state index contributed by atoms with van der Waals surface area (Å²) in [5.41, 5.74) is 3.09. The van der Waals surface area contributed by atoms with Crippen LogP contribution in [-0.4, -0.2) is 63.9 Å². The van der Waals surface area contributed by atoms with Crippen LogP contribution in [0.15, 0.2) is 12.3 Å². The molecule has 0 aromatic carbocycles. The van der Waals surface area contributed by atoms with E-state index in [2.05, 4.69) is 21.0 Å². The van der Waals surface area contributed by atoms with Crippen molar-refractivity contribution in [2.45, 2.75) is 13.5 Å². The molecule has 0 saturated carbocycles. The monoisotopic (exact) mass is 303 g/mol. The topological polar surface area (TPSA) is 63.5 Å². The molecule has 2 aromatic heterocycles. The lowest BCUT2D eigenvalue weighted by Crippen LogP contribution is -2.48. The van der Waals surface area contributed by atoms with Crippen LogP contribution in [-0.2, 0) is 18.3 Å². The summed E-state index contributed by atoms with van der Waals surface area (Å²) in [5.74, 6) is 0. The molecular weight excluding hydrogens is 282 g/mol. The predicted octanol–water partition coefficient (Wildman–Crippen LogP) is 1.16. The molecule has 0 aliphatic carbocycles. The molecule has 0 bridgehead atoms. The number of aromatic nitrogens is 3. The van der Waals surface area contributed by atoms with Crippen molar-refractivity contribution in [2.24, 2.45) is 7.05 Å². The van der Waals surface area contributed by atoms with E-state index in [0.29, 0.717) is 13.1 Å². The maximum Gasteiger partial charge on any atom is 0.409 e. The van der Waals surface area contributed by atoms with E-state index in [1.807, 2.05) is 24.9 Å². The highest BCUT2D eigenvalue weighted by Crippen LogP contribution is 2.18. The van der Waals surface area contributed by atoms with Crippen LogP contribution >= 0.6 is 0 Å². The fourth-order valence-electron chi connectivity index (χ4n) is 2.91. The average molecular weight is 303 g/mol. The minimum Gasteiger partial charge on any atom is -0.453 e. The van der Waals surface area contributed by atoms with Gasteiger partial charge in [-0.3, -0.25) is 9.58 Å². The molecule has 0 spiro atoms.